The molecule has 0 bridgehead atoms. The first-order valence-electron chi connectivity index (χ1n) is 7.41. The maximum Gasteiger partial charge on any atom is 0.0220 e. The normalized spacial score (nSPS) is 25.4. The van der Waals surface area contributed by atoms with Crippen LogP contribution in [0.1, 0.15) is 37.0 Å². The molecule has 1 saturated carbocycles. The highest BCUT2D eigenvalue weighted by molar-refractivity contribution is 7.09. The summed E-state index contributed by atoms with van der Waals surface area (Å²) in [6, 6.07) is 6.08. The van der Waals surface area contributed by atoms with Crippen molar-refractivity contribution in [3.63, 3.8) is 0 Å². The summed E-state index contributed by atoms with van der Waals surface area (Å²) in [5.74, 6) is 0. The van der Waals surface area contributed by atoms with Gasteiger partial charge in [0.1, 0.15) is 0 Å². The molecule has 1 aliphatic carbocycles. The second-order valence-corrected chi connectivity index (χ2v) is 6.73. The molecule has 1 aliphatic heterocycles. The number of nitrogens with one attached hydrogen (secondary N) is 1. The predicted octanol–water partition coefficient (Wildman–Crippen LogP) is 2.90. The number of likely N-dealkylation sites (tertiary alicyclic amines) is 1. The van der Waals surface area contributed by atoms with Crippen molar-refractivity contribution in [2.24, 2.45) is 0 Å². The van der Waals surface area contributed by atoms with E-state index < -0.39 is 0 Å². The van der Waals surface area contributed by atoms with Crippen LogP contribution in [0.5, 0.6) is 0 Å². The highest BCUT2D eigenvalue weighted by atomic mass is 32.1. The van der Waals surface area contributed by atoms with Crippen LogP contribution in [0.4, 0.5) is 0 Å². The molecule has 0 amide bonds. The Morgan fingerprint density at radius 1 is 1.28 bits per heavy atom. The van der Waals surface area contributed by atoms with E-state index in [9.17, 15) is 0 Å². The molecule has 1 N–H and O–H groups in total. The summed E-state index contributed by atoms with van der Waals surface area (Å²) in [5, 5.41) is 5.90. The molecule has 0 radical (unpaired) electrons. The summed E-state index contributed by atoms with van der Waals surface area (Å²) in [7, 11) is 0. The summed E-state index contributed by atoms with van der Waals surface area (Å²) in [6.07, 6.45) is 8.25. The first-order valence-corrected chi connectivity index (χ1v) is 8.29. The molecule has 1 atom stereocenters. The third-order valence-corrected chi connectivity index (χ3v) is 5.13. The first-order chi connectivity index (χ1) is 8.92. The van der Waals surface area contributed by atoms with E-state index in [0.29, 0.717) is 0 Å². The van der Waals surface area contributed by atoms with Crippen LogP contribution >= 0.6 is 11.3 Å². The van der Waals surface area contributed by atoms with Crippen molar-refractivity contribution in [3.8, 4) is 0 Å². The summed E-state index contributed by atoms with van der Waals surface area (Å²) in [4.78, 5) is 4.26. The molecule has 0 aromatic carbocycles. The number of thiophene rings is 1. The van der Waals surface area contributed by atoms with E-state index in [2.05, 4.69) is 27.7 Å². The molecular weight excluding hydrogens is 240 g/mol. The summed E-state index contributed by atoms with van der Waals surface area (Å²) >= 11 is 1.90. The van der Waals surface area contributed by atoms with Crippen LogP contribution in [0, 0.1) is 0 Å². The van der Waals surface area contributed by atoms with E-state index in [1.54, 1.807) is 0 Å². The van der Waals surface area contributed by atoms with Crippen LogP contribution in [0.3, 0.4) is 0 Å². The molecule has 18 heavy (non-hydrogen) atoms. The lowest BCUT2D eigenvalue weighted by atomic mass is 10.0. The molecule has 2 fully saturated rings. The lowest BCUT2D eigenvalue weighted by Crippen LogP contribution is -2.46. The smallest absolute Gasteiger partial charge is 0.0220 e. The molecule has 2 heterocycles. The first kappa shape index (κ1) is 12.6. The van der Waals surface area contributed by atoms with E-state index in [4.69, 9.17) is 0 Å². The van der Waals surface area contributed by atoms with Gasteiger partial charge in [-0.3, -0.25) is 4.90 Å². The monoisotopic (exact) mass is 264 g/mol. The minimum absolute atomic E-state index is 0.791. The molecule has 100 valence electrons. The zero-order valence-corrected chi connectivity index (χ0v) is 11.9. The highest BCUT2D eigenvalue weighted by Gasteiger charge is 2.26. The van der Waals surface area contributed by atoms with Gasteiger partial charge in [-0.1, -0.05) is 12.5 Å². The molecule has 3 heteroatoms. The fourth-order valence-electron chi connectivity index (χ4n) is 2.88. The van der Waals surface area contributed by atoms with Crippen LogP contribution < -0.4 is 5.32 Å². The van der Waals surface area contributed by atoms with E-state index in [1.807, 2.05) is 11.3 Å². The van der Waals surface area contributed by atoms with Crippen molar-refractivity contribution in [3.05, 3.63) is 22.4 Å². The quantitative estimate of drug-likeness (QED) is 0.850. The summed E-state index contributed by atoms with van der Waals surface area (Å²) < 4.78 is 0. The molecule has 1 unspecified atom stereocenters. The maximum atomic E-state index is 3.71. The van der Waals surface area contributed by atoms with Crippen LogP contribution in [0.25, 0.3) is 0 Å². The van der Waals surface area contributed by atoms with E-state index >= 15 is 0 Å². The second-order valence-electron chi connectivity index (χ2n) is 5.70. The lowest BCUT2D eigenvalue weighted by Gasteiger charge is -2.36. The average molecular weight is 264 g/mol. The van der Waals surface area contributed by atoms with Crippen LogP contribution in [0.15, 0.2) is 17.5 Å². The Morgan fingerprint density at radius 3 is 3.00 bits per heavy atom. The van der Waals surface area contributed by atoms with Crippen LogP contribution in [0.2, 0.25) is 0 Å². The fraction of sp³-hybridized carbons (Fsp3) is 0.733. The van der Waals surface area contributed by atoms with Gasteiger partial charge < -0.3 is 5.32 Å². The molecule has 1 saturated heterocycles. The lowest BCUT2D eigenvalue weighted by molar-refractivity contribution is 0.147. The molecule has 1 aromatic rings. The van der Waals surface area contributed by atoms with Gasteiger partial charge in [0.05, 0.1) is 0 Å². The average Bonchev–Trinajstić information content (AvgIpc) is 3.09. The van der Waals surface area contributed by atoms with Crippen molar-refractivity contribution >= 4 is 11.3 Å². The van der Waals surface area contributed by atoms with Gasteiger partial charge in [-0.05, 0) is 50.1 Å². The van der Waals surface area contributed by atoms with Gasteiger partial charge in [0, 0.05) is 30.1 Å². The molecule has 2 aliphatic rings. The van der Waals surface area contributed by atoms with E-state index in [-0.39, 0.29) is 0 Å². The third-order valence-electron chi connectivity index (χ3n) is 4.19. The Bertz CT molecular complexity index is 345. The fourth-order valence-corrected chi connectivity index (χ4v) is 3.58. The topological polar surface area (TPSA) is 15.3 Å². The Morgan fingerprint density at radius 2 is 2.22 bits per heavy atom. The standard InChI is InChI=1S/C15H24N2S/c1-2-9-17(10-8-15-5-3-11-18-15)14(4-1)12-16-13-6-7-13/h3,5,11,13-14,16H,1-2,4,6-10,12H2. The Balaban J connectivity index is 1.47. The predicted molar refractivity (Wildman–Crippen MR) is 78.3 cm³/mol. The molecular formula is C15H24N2S. The zero-order chi connectivity index (χ0) is 12.2. The second kappa shape index (κ2) is 6.18. The van der Waals surface area contributed by atoms with Gasteiger partial charge in [-0.25, -0.2) is 0 Å². The van der Waals surface area contributed by atoms with Crippen molar-refractivity contribution in [2.75, 3.05) is 19.6 Å². The Kier molecular flexibility index (Phi) is 4.34. The molecule has 3 rings (SSSR count). The largest absolute Gasteiger partial charge is 0.312 e. The molecule has 0 spiro atoms. The Hall–Kier alpha value is -0.380. The van der Waals surface area contributed by atoms with Gasteiger partial charge in [-0.2, -0.15) is 0 Å². The third kappa shape index (κ3) is 3.56. The highest BCUT2D eigenvalue weighted by Crippen LogP contribution is 2.22. The SMILES string of the molecule is c1csc(CCN2CCCCC2CNC2CC2)c1. The van der Waals surface area contributed by atoms with Gasteiger partial charge in [0.25, 0.3) is 0 Å². The Labute approximate surface area is 114 Å². The summed E-state index contributed by atoms with van der Waals surface area (Å²) in [6.45, 7) is 3.77. The van der Waals surface area contributed by atoms with Gasteiger partial charge in [0.15, 0.2) is 0 Å². The summed E-state index contributed by atoms with van der Waals surface area (Å²) in [5.41, 5.74) is 0. The molecule has 1 aromatic heterocycles. The van der Waals surface area contributed by atoms with Crippen LogP contribution in [-0.4, -0.2) is 36.6 Å². The van der Waals surface area contributed by atoms with Crippen molar-refractivity contribution in [2.45, 2.75) is 50.6 Å². The molecule has 2 nitrogen and oxygen atoms in total. The van der Waals surface area contributed by atoms with Crippen molar-refractivity contribution in [1.29, 1.82) is 0 Å². The van der Waals surface area contributed by atoms with Crippen molar-refractivity contribution in [1.82, 2.24) is 10.2 Å². The van der Waals surface area contributed by atoms with Crippen molar-refractivity contribution < 1.29 is 0 Å². The number of rotatable bonds is 6. The van der Waals surface area contributed by atoms with E-state index in [1.165, 1.54) is 63.0 Å². The number of nitrogens with zero attached hydrogens (tertiary/aromatic N) is 1. The van der Waals surface area contributed by atoms with E-state index in [0.717, 1.165) is 12.1 Å². The zero-order valence-electron chi connectivity index (χ0n) is 11.1. The van der Waals surface area contributed by atoms with Gasteiger partial charge in [0.2, 0.25) is 0 Å². The van der Waals surface area contributed by atoms with Crippen LogP contribution in [-0.2, 0) is 6.42 Å². The minimum Gasteiger partial charge on any atom is -0.312 e. The van der Waals surface area contributed by atoms with Gasteiger partial charge in [-0.15, -0.1) is 11.3 Å². The number of piperidine rings is 1. The number of hydrogen-bond acceptors (Lipinski definition) is 3. The van der Waals surface area contributed by atoms with Gasteiger partial charge >= 0.3 is 0 Å². The minimum atomic E-state index is 0.791. The maximum absolute atomic E-state index is 3.71. The number of hydrogen-bond donors (Lipinski definition) is 1.